The minimum atomic E-state index is -0.197. The van der Waals surface area contributed by atoms with E-state index in [1.807, 2.05) is 17.3 Å². The van der Waals surface area contributed by atoms with E-state index in [0.717, 1.165) is 70.0 Å². The van der Waals surface area contributed by atoms with E-state index in [9.17, 15) is 4.79 Å². The molecule has 2 amide bonds. The summed E-state index contributed by atoms with van der Waals surface area (Å²) in [6, 6.07) is 10.9. The van der Waals surface area contributed by atoms with Gasteiger partial charge in [0, 0.05) is 31.7 Å². The van der Waals surface area contributed by atoms with Crippen molar-refractivity contribution in [3.8, 4) is 0 Å². The number of likely N-dealkylation sites (N-methyl/N-ethyl adjacent to an activating group) is 1. The van der Waals surface area contributed by atoms with Gasteiger partial charge < -0.3 is 15.1 Å². The molecule has 0 bridgehead atoms. The average Bonchev–Trinajstić information content (AvgIpc) is 3.24. The van der Waals surface area contributed by atoms with Crippen LogP contribution in [-0.4, -0.2) is 84.7 Å². The van der Waals surface area contributed by atoms with Gasteiger partial charge in [-0.1, -0.05) is 43.7 Å². The highest BCUT2D eigenvalue weighted by atomic mass is 16.2. The Morgan fingerprint density at radius 2 is 1.67 bits per heavy atom. The number of anilines is 2. The lowest BCUT2D eigenvalue weighted by molar-refractivity contribution is 0.0444. The molecule has 1 aromatic carbocycles. The Balaban J connectivity index is 1.28. The fraction of sp³-hybridized carbons (Fsp3) is 0.607. The largest absolute Gasteiger partial charge is 0.338 e. The molecule has 8 heteroatoms. The Morgan fingerprint density at radius 1 is 1.00 bits per heavy atom. The minimum absolute atomic E-state index is 0.0209. The number of nitrogens with one attached hydrogen (secondary N) is 1. The molecule has 2 saturated heterocycles. The molecular formula is C28H41N7O. The predicted octanol–water partition coefficient (Wildman–Crippen LogP) is 3.70. The maximum atomic E-state index is 13.1. The standard InChI is InChI=1S/C28H41N7O/c1-4-5-15-33(3)28(23-9-7-6-8-10-23)13-11-27(12-14-28)22-35(26(36)31-27)24-20-29-25(30-21-24)34-18-16-32(2)17-19-34/h6-10,20-21H,4-5,11-19,22H2,1-3H3,(H,31,36). The van der Waals surface area contributed by atoms with Crippen LogP contribution in [0, 0.1) is 0 Å². The number of carbonyl (C=O) groups excluding carboxylic acids is 1. The molecule has 1 N–H and O–H groups in total. The van der Waals surface area contributed by atoms with Gasteiger partial charge >= 0.3 is 6.03 Å². The first-order chi connectivity index (χ1) is 17.4. The molecule has 1 aliphatic carbocycles. The number of nitrogens with zero attached hydrogens (tertiary/aromatic N) is 6. The summed E-state index contributed by atoms with van der Waals surface area (Å²) in [4.78, 5) is 31.3. The number of benzene rings is 1. The third kappa shape index (κ3) is 4.81. The Labute approximate surface area is 215 Å². The van der Waals surface area contributed by atoms with E-state index in [4.69, 9.17) is 0 Å². The molecule has 1 aromatic heterocycles. The number of amides is 2. The molecule has 8 nitrogen and oxygen atoms in total. The van der Waals surface area contributed by atoms with E-state index in [1.165, 1.54) is 18.4 Å². The van der Waals surface area contributed by atoms with Crippen LogP contribution in [0.15, 0.2) is 42.7 Å². The number of unbranched alkanes of at least 4 members (excludes halogenated alkanes) is 1. The molecule has 0 atom stereocenters. The van der Waals surface area contributed by atoms with Crippen molar-refractivity contribution in [3.05, 3.63) is 48.3 Å². The van der Waals surface area contributed by atoms with Crippen LogP contribution in [-0.2, 0) is 5.54 Å². The highest BCUT2D eigenvalue weighted by Gasteiger charge is 2.50. The summed E-state index contributed by atoms with van der Waals surface area (Å²) in [5.41, 5.74) is 2.00. The summed E-state index contributed by atoms with van der Waals surface area (Å²) in [6.07, 6.45) is 10.0. The number of rotatable bonds is 7. The van der Waals surface area contributed by atoms with Crippen LogP contribution in [0.25, 0.3) is 0 Å². The zero-order chi connectivity index (χ0) is 25.2. The first-order valence-electron chi connectivity index (χ1n) is 13.6. The number of aromatic nitrogens is 2. The second kappa shape index (κ2) is 10.3. The van der Waals surface area contributed by atoms with Crippen molar-refractivity contribution < 1.29 is 4.79 Å². The Hall–Kier alpha value is -2.71. The summed E-state index contributed by atoms with van der Waals surface area (Å²) in [6.45, 7) is 7.90. The lowest BCUT2D eigenvalue weighted by Crippen LogP contribution is -2.55. The van der Waals surface area contributed by atoms with Crippen LogP contribution in [0.3, 0.4) is 0 Å². The van der Waals surface area contributed by atoms with Crippen molar-refractivity contribution in [2.24, 2.45) is 0 Å². The highest BCUT2D eigenvalue weighted by molar-refractivity contribution is 5.95. The normalized spacial score (nSPS) is 27.2. The molecule has 1 spiro atoms. The van der Waals surface area contributed by atoms with Gasteiger partial charge in [-0.2, -0.15) is 0 Å². The van der Waals surface area contributed by atoms with Crippen molar-refractivity contribution >= 4 is 17.7 Å². The fourth-order valence-corrected chi connectivity index (χ4v) is 6.21. The molecule has 3 fully saturated rings. The van der Waals surface area contributed by atoms with Gasteiger partial charge in [0.05, 0.1) is 30.2 Å². The van der Waals surface area contributed by atoms with E-state index < -0.39 is 0 Å². The Kier molecular flexibility index (Phi) is 7.17. The minimum Gasteiger partial charge on any atom is -0.338 e. The van der Waals surface area contributed by atoms with Gasteiger partial charge in [-0.25, -0.2) is 14.8 Å². The molecule has 5 rings (SSSR count). The van der Waals surface area contributed by atoms with Crippen molar-refractivity contribution in [2.45, 2.75) is 56.5 Å². The van der Waals surface area contributed by atoms with E-state index in [-0.39, 0.29) is 17.1 Å². The zero-order valence-electron chi connectivity index (χ0n) is 22.1. The van der Waals surface area contributed by atoms with Crippen molar-refractivity contribution in [3.63, 3.8) is 0 Å². The third-order valence-corrected chi connectivity index (χ3v) is 8.72. The first kappa shape index (κ1) is 25.0. The molecule has 36 heavy (non-hydrogen) atoms. The van der Waals surface area contributed by atoms with Crippen LogP contribution >= 0.6 is 0 Å². The van der Waals surface area contributed by atoms with Crippen LogP contribution in [0.2, 0.25) is 0 Å². The number of carbonyl (C=O) groups is 1. The monoisotopic (exact) mass is 491 g/mol. The van der Waals surface area contributed by atoms with Gasteiger partial charge in [0.15, 0.2) is 0 Å². The summed E-state index contributed by atoms with van der Waals surface area (Å²) < 4.78 is 0. The second-order valence-corrected chi connectivity index (χ2v) is 11.0. The smallest absolute Gasteiger partial charge is 0.322 e. The molecule has 3 aliphatic rings. The van der Waals surface area contributed by atoms with Crippen LogP contribution in [0.5, 0.6) is 0 Å². The van der Waals surface area contributed by atoms with Gasteiger partial charge in [0.2, 0.25) is 5.95 Å². The van der Waals surface area contributed by atoms with Gasteiger partial charge in [-0.3, -0.25) is 9.80 Å². The number of piperazine rings is 1. The maximum absolute atomic E-state index is 13.1. The maximum Gasteiger partial charge on any atom is 0.322 e. The SMILES string of the molecule is CCCCN(C)C1(c2ccccc2)CCC2(CC1)CN(c1cnc(N3CCN(C)CC3)nc1)C(=O)N2. The lowest BCUT2D eigenvalue weighted by atomic mass is 9.68. The van der Waals surface area contributed by atoms with E-state index in [2.05, 4.69) is 81.3 Å². The summed E-state index contributed by atoms with van der Waals surface area (Å²) in [5.74, 6) is 0.751. The quantitative estimate of drug-likeness (QED) is 0.637. The van der Waals surface area contributed by atoms with Crippen molar-refractivity contribution in [2.75, 3.05) is 63.2 Å². The topological polar surface area (TPSA) is 67.8 Å². The van der Waals surface area contributed by atoms with E-state index >= 15 is 0 Å². The van der Waals surface area contributed by atoms with Crippen LogP contribution < -0.4 is 15.1 Å². The number of hydrogen-bond acceptors (Lipinski definition) is 6. The van der Waals surface area contributed by atoms with Gasteiger partial charge in [-0.15, -0.1) is 0 Å². The molecule has 0 unspecified atom stereocenters. The predicted molar refractivity (Wildman–Crippen MR) is 144 cm³/mol. The molecule has 2 aromatic rings. The van der Waals surface area contributed by atoms with Crippen LogP contribution in [0.1, 0.15) is 51.0 Å². The van der Waals surface area contributed by atoms with E-state index in [0.29, 0.717) is 6.54 Å². The Bertz CT molecular complexity index is 1010. The van der Waals surface area contributed by atoms with Gasteiger partial charge in [-0.05, 0) is 58.3 Å². The number of hydrogen-bond donors (Lipinski definition) is 1. The van der Waals surface area contributed by atoms with E-state index in [1.54, 1.807) is 0 Å². The average molecular weight is 492 g/mol. The third-order valence-electron chi connectivity index (χ3n) is 8.72. The van der Waals surface area contributed by atoms with Gasteiger partial charge in [0.1, 0.15) is 0 Å². The molecular weight excluding hydrogens is 450 g/mol. The van der Waals surface area contributed by atoms with Gasteiger partial charge in [0.25, 0.3) is 0 Å². The second-order valence-electron chi connectivity index (χ2n) is 11.0. The first-order valence-corrected chi connectivity index (χ1v) is 13.6. The number of urea groups is 1. The lowest BCUT2D eigenvalue weighted by Gasteiger charge is -2.50. The van der Waals surface area contributed by atoms with Crippen LogP contribution in [0.4, 0.5) is 16.4 Å². The Morgan fingerprint density at radius 3 is 2.31 bits per heavy atom. The summed E-state index contributed by atoms with van der Waals surface area (Å²) in [5, 5.41) is 3.37. The molecule has 194 valence electrons. The summed E-state index contributed by atoms with van der Waals surface area (Å²) in [7, 11) is 4.42. The fourth-order valence-electron chi connectivity index (χ4n) is 6.21. The highest BCUT2D eigenvalue weighted by Crippen LogP contribution is 2.46. The van der Waals surface area contributed by atoms with Crippen molar-refractivity contribution in [1.29, 1.82) is 0 Å². The molecule has 3 heterocycles. The molecule has 0 radical (unpaired) electrons. The molecule has 2 aliphatic heterocycles. The molecule has 1 saturated carbocycles. The van der Waals surface area contributed by atoms with Crippen molar-refractivity contribution in [1.82, 2.24) is 25.1 Å². The zero-order valence-corrected chi connectivity index (χ0v) is 22.1. The summed E-state index contributed by atoms with van der Waals surface area (Å²) >= 11 is 0.